The van der Waals surface area contributed by atoms with Crippen molar-refractivity contribution in [3.8, 4) is 22.9 Å². The molecule has 4 aromatic rings. The predicted octanol–water partition coefficient (Wildman–Crippen LogP) is 4.68. The molecule has 0 aliphatic rings. The van der Waals surface area contributed by atoms with Gasteiger partial charge in [-0.05, 0) is 59.0 Å². The highest BCUT2D eigenvalue weighted by Crippen LogP contribution is 2.26. The SMILES string of the molecule is Ic1ccc(-c2nnc(SCc3nnc(-c4ccccc4)o3)o2)cc1. The van der Waals surface area contributed by atoms with Crippen LogP contribution in [-0.2, 0) is 5.75 Å². The van der Waals surface area contributed by atoms with Crippen molar-refractivity contribution < 1.29 is 8.83 Å². The molecule has 0 atom stereocenters. The number of benzene rings is 2. The second-order valence-electron chi connectivity index (χ2n) is 5.04. The third kappa shape index (κ3) is 3.90. The molecule has 4 rings (SSSR count). The lowest BCUT2D eigenvalue weighted by Gasteiger charge is -1.94. The highest BCUT2D eigenvalue weighted by Gasteiger charge is 2.12. The zero-order valence-electron chi connectivity index (χ0n) is 12.8. The maximum Gasteiger partial charge on any atom is 0.277 e. The van der Waals surface area contributed by atoms with Gasteiger partial charge in [0, 0.05) is 14.7 Å². The van der Waals surface area contributed by atoms with Gasteiger partial charge in [-0.3, -0.25) is 0 Å². The smallest absolute Gasteiger partial charge is 0.277 e. The molecule has 0 aliphatic heterocycles. The van der Waals surface area contributed by atoms with E-state index in [1.807, 2.05) is 54.6 Å². The molecular formula is C17H11IN4O2S. The van der Waals surface area contributed by atoms with Crippen molar-refractivity contribution in [2.45, 2.75) is 11.0 Å². The van der Waals surface area contributed by atoms with E-state index in [-0.39, 0.29) is 0 Å². The Kier molecular flexibility index (Phi) is 4.79. The number of halogens is 1. The van der Waals surface area contributed by atoms with Crippen molar-refractivity contribution in [3.05, 3.63) is 64.1 Å². The number of aromatic nitrogens is 4. The van der Waals surface area contributed by atoms with Crippen LogP contribution in [0.2, 0.25) is 0 Å². The monoisotopic (exact) mass is 462 g/mol. The molecule has 2 aromatic carbocycles. The first-order valence-electron chi connectivity index (χ1n) is 7.38. The average molecular weight is 462 g/mol. The lowest BCUT2D eigenvalue weighted by Crippen LogP contribution is -1.80. The maximum atomic E-state index is 5.67. The maximum absolute atomic E-state index is 5.67. The van der Waals surface area contributed by atoms with Gasteiger partial charge in [-0.25, -0.2) is 0 Å². The first-order chi connectivity index (χ1) is 12.3. The number of hydrogen-bond donors (Lipinski definition) is 0. The third-order valence-corrected chi connectivity index (χ3v) is 4.83. The highest BCUT2D eigenvalue weighted by molar-refractivity contribution is 14.1. The van der Waals surface area contributed by atoms with E-state index >= 15 is 0 Å². The molecule has 124 valence electrons. The minimum atomic E-state index is 0.466. The van der Waals surface area contributed by atoms with Gasteiger partial charge in [0.15, 0.2) is 0 Å². The Morgan fingerprint density at radius 1 is 0.760 bits per heavy atom. The lowest BCUT2D eigenvalue weighted by atomic mass is 10.2. The van der Waals surface area contributed by atoms with Crippen LogP contribution in [0.25, 0.3) is 22.9 Å². The van der Waals surface area contributed by atoms with Crippen LogP contribution in [0, 0.1) is 3.57 Å². The Bertz CT molecular complexity index is 970. The van der Waals surface area contributed by atoms with E-state index in [0.717, 1.165) is 14.7 Å². The summed E-state index contributed by atoms with van der Waals surface area (Å²) in [6.45, 7) is 0. The van der Waals surface area contributed by atoms with Gasteiger partial charge in [-0.15, -0.1) is 20.4 Å². The van der Waals surface area contributed by atoms with Crippen LogP contribution in [0.15, 0.2) is 68.7 Å². The number of hydrogen-bond acceptors (Lipinski definition) is 7. The fraction of sp³-hybridized carbons (Fsp3) is 0.0588. The molecule has 2 heterocycles. The number of rotatable bonds is 5. The molecule has 0 radical (unpaired) electrons. The predicted molar refractivity (Wildman–Crippen MR) is 102 cm³/mol. The van der Waals surface area contributed by atoms with E-state index in [0.29, 0.717) is 28.6 Å². The van der Waals surface area contributed by atoms with Crippen LogP contribution in [0.1, 0.15) is 5.89 Å². The zero-order chi connectivity index (χ0) is 17.1. The van der Waals surface area contributed by atoms with Crippen LogP contribution in [0.3, 0.4) is 0 Å². The molecule has 0 fully saturated rings. The van der Waals surface area contributed by atoms with Gasteiger partial charge < -0.3 is 8.83 Å². The van der Waals surface area contributed by atoms with Gasteiger partial charge in [-0.2, -0.15) is 0 Å². The summed E-state index contributed by atoms with van der Waals surface area (Å²) in [5.41, 5.74) is 1.79. The highest BCUT2D eigenvalue weighted by atomic mass is 127. The lowest BCUT2D eigenvalue weighted by molar-refractivity contribution is 0.464. The summed E-state index contributed by atoms with van der Waals surface area (Å²) in [6, 6.07) is 17.6. The van der Waals surface area contributed by atoms with Crippen molar-refractivity contribution in [1.82, 2.24) is 20.4 Å². The second kappa shape index (κ2) is 7.36. The molecule has 0 unspecified atom stereocenters. The molecule has 0 saturated heterocycles. The molecule has 0 aliphatic carbocycles. The van der Waals surface area contributed by atoms with E-state index in [1.54, 1.807) is 0 Å². The van der Waals surface area contributed by atoms with Crippen molar-refractivity contribution in [2.75, 3.05) is 0 Å². The van der Waals surface area contributed by atoms with Crippen LogP contribution in [0.4, 0.5) is 0 Å². The van der Waals surface area contributed by atoms with Gasteiger partial charge >= 0.3 is 0 Å². The van der Waals surface area contributed by atoms with E-state index in [9.17, 15) is 0 Å². The van der Waals surface area contributed by atoms with Gasteiger partial charge in [0.2, 0.25) is 17.7 Å². The summed E-state index contributed by atoms with van der Waals surface area (Å²) in [5, 5.41) is 16.7. The molecule has 0 amide bonds. The molecule has 8 heteroatoms. The second-order valence-corrected chi connectivity index (χ2v) is 7.21. The normalized spacial score (nSPS) is 10.9. The first kappa shape index (κ1) is 16.3. The molecule has 2 aromatic heterocycles. The van der Waals surface area contributed by atoms with Crippen LogP contribution < -0.4 is 0 Å². The first-order valence-corrected chi connectivity index (χ1v) is 9.44. The molecule has 6 nitrogen and oxygen atoms in total. The average Bonchev–Trinajstić information content (AvgIpc) is 3.31. The van der Waals surface area contributed by atoms with E-state index in [1.165, 1.54) is 11.8 Å². The van der Waals surface area contributed by atoms with E-state index in [4.69, 9.17) is 8.83 Å². The number of nitrogens with zero attached hydrogens (tertiary/aromatic N) is 4. The minimum absolute atomic E-state index is 0.466. The fourth-order valence-corrected chi connectivity index (χ4v) is 3.07. The fourth-order valence-electron chi connectivity index (χ4n) is 2.11. The summed E-state index contributed by atoms with van der Waals surface area (Å²) in [7, 11) is 0. The topological polar surface area (TPSA) is 77.8 Å². The number of thioether (sulfide) groups is 1. The largest absolute Gasteiger partial charge is 0.420 e. The van der Waals surface area contributed by atoms with E-state index < -0.39 is 0 Å². The summed E-state index contributed by atoms with van der Waals surface area (Å²) in [6.07, 6.45) is 0. The van der Waals surface area contributed by atoms with Crippen molar-refractivity contribution in [2.24, 2.45) is 0 Å². The van der Waals surface area contributed by atoms with Crippen molar-refractivity contribution >= 4 is 34.4 Å². The third-order valence-electron chi connectivity index (χ3n) is 3.30. The molecule has 0 saturated carbocycles. The van der Waals surface area contributed by atoms with Gasteiger partial charge in [-0.1, -0.05) is 30.0 Å². The summed E-state index contributed by atoms with van der Waals surface area (Å²) in [4.78, 5) is 0. The van der Waals surface area contributed by atoms with Crippen molar-refractivity contribution in [3.63, 3.8) is 0 Å². The van der Waals surface area contributed by atoms with E-state index in [2.05, 4.69) is 43.0 Å². The Hall–Kier alpha value is -2.20. The Balaban J connectivity index is 1.42. The van der Waals surface area contributed by atoms with Crippen LogP contribution in [0.5, 0.6) is 0 Å². The summed E-state index contributed by atoms with van der Waals surface area (Å²) in [5.74, 6) is 1.97. The van der Waals surface area contributed by atoms with Gasteiger partial charge in [0.25, 0.3) is 5.22 Å². The zero-order valence-corrected chi connectivity index (χ0v) is 15.8. The van der Waals surface area contributed by atoms with Crippen LogP contribution >= 0.6 is 34.4 Å². The molecule has 0 N–H and O–H groups in total. The van der Waals surface area contributed by atoms with Gasteiger partial charge in [0.05, 0.1) is 5.75 Å². The summed E-state index contributed by atoms with van der Waals surface area (Å²) < 4.78 is 12.5. The quantitative estimate of drug-likeness (QED) is 0.315. The Morgan fingerprint density at radius 2 is 1.44 bits per heavy atom. The Labute approximate surface area is 161 Å². The Morgan fingerprint density at radius 3 is 2.24 bits per heavy atom. The van der Waals surface area contributed by atoms with Crippen LogP contribution in [-0.4, -0.2) is 20.4 Å². The standard InChI is InChI=1S/C17H11IN4O2S/c18-13-8-6-12(7-9-13)16-21-22-17(24-16)25-10-14-19-20-15(23-14)11-4-2-1-3-5-11/h1-9H,10H2. The molecular weight excluding hydrogens is 451 g/mol. The van der Waals surface area contributed by atoms with Crippen molar-refractivity contribution in [1.29, 1.82) is 0 Å². The molecule has 25 heavy (non-hydrogen) atoms. The molecule has 0 spiro atoms. The minimum Gasteiger partial charge on any atom is -0.420 e. The molecule has 0 bridgehead atoms. The summed E-state index contributed by atoms with van der Waals surface area (Å²) >= 11 is 3.62. The van der Waals surface area contributed by atoms with Gasteiger partial charge in [0.1, 0.15) is 0 Å².